The second-order valence-corrected chi connectivity index (χ2v) is 6.32. The number of hydrogen-bond donors (Lipinski definition) is 0. The molecule has 0 aromatic rings. The Morgan fingerprint density at radius 2 is 0.806 bits per heavy atom. The van der Waals surface area contributed by atoms with Gasteiger partial charge in [-0.3, -0.25) is 0 Å². The molecule has 0 fully saturated rings. The Kier molecular flexibility index (Phi) is 9.20. The molecule has 0 rings (SSSR count). The zero-order chi connectivity index (χ0) is 25.2. The van der Waals surface area contributed by atoms with E-state index < -0.39 is 57.5 Å². The van der Waals surface area contributed by atoms with E-state index in [-0.39, 0.29) is 51.4 Å². The van der Waals surface area contributed by atoms with Gasteiger partial charge in [-0.15, -0.1) is 0 Å². The second kappa shape index (κ2) is 8.52. The van der Waals surface area contributed by atoms with Crippen LogP contribution in [0, 0.1) is 0 Å². The minimum Gasteiger partial charge on any atom is -0.743 e. The molecular weight excluding hydrogens is 554 g/mol. The molecule has 0 aliphatic carbocycles. The fraction of sp³-hybridized carbons (Fsp3) is 1.00. The summed E-state index contributed by atoms with van der Waals surface area (Å²) >= 11 is 0. The van der Waals surface area contributed by atoms with Gasteiger partial charge in [-0.1, -0.05) is 0 Å². The summed E-state index contributed by atoms with van der Waals surface area (Å²) in [5.41, 5.74) is 0. The van der Waals surface area contributed by atoms with E-state index in [1.807, 2.05) is 0 Å². The molecule has 0 heterocycles. The van der Waals surface area contributed by atoms with Crippen LogP contribution in [0.1, 0.15) is 0 Å². The van der Waals surface area contributed by atoms with Crippen molar-refractivity contribution in [1.82, 2.24) is 0 Å². The molecular formula is C8F17KO4S. The SMILES string of the molecule is O=S(=O)([O-])C(F)(F)C(F)(F)OC(F)(F)C(F)(F)C(F)(F)C(F)(F)C(F)(F)C(F)(F)F.[K+]. The molecule has 0 aliphatic heterocycles. The first-order chi connectivity index (χ1) is 12.5. The Balaban J connectivity index is 0. The van der Waals surface area contributed by atoms with Crippen LogP contribution in [-0.4, -0.2) is 60.3 Å². The van der Waals surface area contributed by atoms with Crippen LogP contribution in [0.25, 0.3) is 0 Å². The summed E-state index contributed by atoms with van der Waals surface area (Å²) in [5, 5.41) is -7.48. The maximum absolute atomic E-state index is 13.0. The average molecular weight is 554 g/mol. The van der Waals surface area contributed by atoms with Crippen molar-refractivity contribution < 1.29 is 144 Å². The molecule has 23 heteroatoms. The van der Waals surface area contributed by atoms with Crippen molar-refractivity contribution in [3.05, 3.63) is 0 Å². The van der Waals surface area contributed by atoms with Crippen molar-refractivity contribution in [3.63, 3.8) is 0 Å². The standard InChI is InChI=1S/C8HF17O4S.K/c9-1(10,3(13,14)5(17,18)19)2(11,12)4(15,16)6(20,21)29-7(22,23)8(24,25)30(26,27)28;/h(H,26,27,28);/q;+1/p-1. The molecule has 0 aromatic heterocycles. The van der Waals surface area contributed by atoms with Gasteiger partial charge in [-0.2, -0.15) is 74.6 Å². The van der Waals surface area contributed by atoms with Crippen molar-refractivity contribution in [2.45, 2.75) is 47.3 Å². The minimum absolute atomic E-state index is 0. The first kappa shape index (κ1) is 33.5. The molecule has 0 radical (unpaired) electrons. The summed E-state index contributed by atoms with van der Waals surface area (Å²) in [7, 11) is -7.83. The smallest absolute Gasteiger partial charge is 0.743 e. The molecule has 31 heavy (non-hydrogen) atoms. The molecule has 0 atom stereocenters. The fourth-order valence-corrected chi connectivity index (χ4v) is 1.52. The molecule has 0 aromatic carbocycles. The van der Waals surface area contributed by atoms with Crippen LogP contribution in [0.15, 0.2) is 0 Å². The summed E-state index contributed by atoms with van der Waals surface area (Å²) in [5.74, 6) is -34.1. The van der Waals surface area contributed by atoms with Gasteiger partial charge < -0.3 is 4.55 Å². The summed E-state index contributed by atoms with van der Waals surface area (Å²) in [6, 6.07) is 0. The molecule has 4 nitrogen and oxygen atoms in total. The van der Waals surface area contributed by atoms with Gasteiger partial charge in [-0.25, -0.2) is 13.2 Å². The number of hydrogen-bond acceptors (Lipinski definition) is 4. The van der Waals surface area contributed by atoms with E-state index in [0.29, 0.717) is 0 Å². The third-order valence-electron chi connectivity index (χ3n) is 2.81. The van der Waals surface area contributed by atoms with Crippen molar-refractivity contribution in [1.29, 1.82) is 0 Å². The maximum Gasteiger partial charge on any atom is 1.00 e. The largest absolute Gasteiger partial charge is 1.00 e. The molecule has 0 saturated carbocycles. The minimum atomic E-state index is -8.68. The third kappa shape index (κ3) is 5.06. The van der Waals surface area contributed by atoms with Crippen LogP contribution in [0.4, 0.5) is 74.6 Å². The van der Waals surface area contributed by atoms with Crippen LogP contribution in [0.2, 0.25) is 0 Å². The van der Waals surface area contributed by atoms with Gasteiger partial charge in [0, 0.05) is 0 Å². The molecule has 0 N–H and O–H groups in total. The molecule has 0 bridgehead atoms. The van der Waals surface area contributed by atoms with E-state index in [0.717, 1.165) is 4.74 Å². The van der Waals surface area contributed by atoms with E-state index in [4.69, 9.17) is 0 Å². The molecule has 0 spiro atoms. The quantitative estimate of drug-likeness (QED) is 0.259. The first-order valence-electron chi connectivity index (χ1n) is 5.83. The predicted molar refractivity (Wildman–Crippen MR) is 51.5 cm³/mol. The second-order valence-electron chi connectivity index (χ2n) is 4.90. The third-order valence-corrected chi connectivity index (χ3v) is 3.68. The van der Waals surface area contributed by atoms with Crippen molar-refractivity contribution in [2.24, 2.45) is 0 Å². The van der Waals surface area contributed by atoms with E-state index >= 15 is 0 Å². The summed E-state index contributed by atoms with van der Waals surface area (Å²) in [6.45, 7) is 0. The molecule has 0 saturated heterocycles. The van der Waals surface area contributed by atoms with Crippen LogP contribution in [0.3, 0.4) is 0 Å². The maximum atomic E-state index is 13.0. The normalized spacial score (nSPS) is 16.2. The molecule has 0 amide bonds. The summed E-state index contributed by atoms with van der Waals surface area (Å²) in [4.78, 5) is 0. The topological polar surface area (TPSA) is 66.4 Å². The molecule has 182 valence electrons. The summed E-state index contributed by atoms with van der Waals surface area (Å²) in [6.07, 6.45) is -23.8. The van der Waals surface area contributed by atoms with E-state index in [2.05, 4.69) is 0 Å². The number of rotatable bonds is 8. The van der Waals surface area contributed by atoms with Gasteiger partial charge in [-0.05, 0) is 0 Å². The van der Waals surface area contributed by atoms with Gasteiger partial charge in [0.25, 0.3) is 0 Å². The van der Waals surface area contributed by atoms with Gasteiger partial charge in [0.2, 0.25) is 0 Å². The van der Waals surface area contributed by atoms with Crippen LogP contribution >= 0.6 is 0 Å². The van der Waals surface area contributed by atoms with Crippen LogP contribution in [-0.2, 0) is 14.9 Å². The van der Waals surface area contributed by atoms with Gasteiger partial charge >= 0.3 is 98.7 Å². The van der Waals surface area contributed by atoms with Gasteiger partial charge in [0.15, 0.2) is 10.1 Å². The Morgan fingerprint density at radius 3 is 1.06 bits per heavy atom. The summed E-state index contributed by atoms with van der Waals surface area (Å²) < 4.78 is 245. The average Bonchev–Trinajstić information content (AvgIpc) is 2.42. The predicted octanol–water partition coefficient (Wildman–Crippen LogP) is 1.43. The van der Waals surface area contributed by atoms with Gasteiger partial charge in [0.1, 0.15) is 0 Å². The van der Waals surface area contributed by atoms with Crippen molar-refractivity contribution in [2.75, 3.05) is 0 Å². The van der Waals surface area contributed by atoms with Crippen LogP contribution in [0.5, 0.6) is 0 Å². The fourth-order valence-electron chi connectivity index (χ4n) is 1.19. The Hall–Kier alpha value is 0.316. The number of halogens is 17. The zero-order valence-corrected chi connectivity index (χ0v) is 17.4. The first-order valence-corrected chi connectivity index (χ1v) is 7.23. The molecule has 0 aliphatic rings. The molecule has 0 unspecified atom stereocenters. The Morgan fingerprint density at radius 1 is 0.516 bits per heavy atom. The van der Waals surface area contributed by atoms with E-state index in [1.165, 1.54) is 0 Å². The number of ether oxygens (including phenoxy) is 1. The van der Waals surface area contributed by atoms with E-state index in [1.54, 1.807) is 0 Å². The van der Waals surface area contributed by atoms with Crippen molar-refractivity contribution >= 4 is 10.1 Å². The monoisotopic (exact) mass is 554 g/mol. The van der Waals surface area contributed by atoms with Gasteiger partial charge in [0.05, 0.1) is 0 Å². The van der Waals surface area contributed by atoms with Crippen molar-refractivity contribution in [3.8, 4) is 0 Å². The Bertz CT molecular complexity index is 757. The van der Waals surface area contributed by atoms with Crippen LogP contribution < -0.4 is 51.4 Å². The van der Waals surface area contributed by atoms with E-state index in [9.17, 15) is 87.6 Å². The Labute approximate surface area is 200 Å². The zero-order valence-electron chi connectivity index (χ0n) is 13.5. The number of alkyl halides is 17.